The van der Waals surface area contributed by atoms with E-state index in [4.69, 9.17) is 4.74 Å². The summed E-state index contributed by atoms with van der Waals surface area (Å²) in [5.74, 6) is 0.504. The number of rotatable bonds is 4. The lowest BCUT2D eigenvalue weighted by Crippen LogP contribution is -2.06. The van der Waals surface area contributed by atoms with E-state index in [9.17, 15) is 4.79 Å². The molecule has 0 bridgehead atoms. The van der Waals surface area contributed by atoms with Crippen molar-refractivity contribution in [1.82, 2.24) is 9.97 Å². The van der Waals surface area contributed by atoms with Gasteiger partial charge in [0, 0.05) is 0 Å². The maximum atomic E-state index is 11.9. The molecule has 17 heavy (non-hydrogen) atoms. The van der Waals surface area contributed by atoms with Crippen molar-refractivity contribution in [3.05, 3.63) is 29.6 Å². The van der Waals surface area contributed by atoms with E-state index in [1.54, 1.807) is 6.07 Å². The quantitative estimate of drug-likeness (QED) is 0.651. The Balaban J connectivity index is 2.25. The number of benzene rings is 1. The van der Waals surface area contributed by atoms with Gasteiger partial charge < -0.3 is 9.72 Å². The molecule has 2 aromatic rings. The Kier molecular flexibility index (Phi) is 3.42. The predicted octanol–water partition coefficient (Wildman–Crippen LogP) is 2.83. The number of H-pyrrole nitrogens is 1. The van der Waals surface area contributed by atoms with Crippen LogP contribution in [0.25, 0.3) is 11.0 Å². The number of carbonyl (C=O) groups excluding carboxylic acids is 1. The number of carbonyl (C=O) groups is 1. The predicted molar refractivity (Wildman–Crippen MR) is 66.0 cm³/mol. The minimum Gasteiger partial charge on any atom is -0.462 e. The molecule has 1 aromatic heterocycles. The van der Waals surface area contributed by atoms with E-state index < -0.39 is 0 Å². The van der Waals surface area contributed by atoms with Crippen molar-refractivity contribution >= 4 is 17.0 Å². The zero-order valence-corrected chi connectivity index (χ0v) is 10.1. The molecule has 0 aliphatic carbocycles. The highest BCUT2D eigenvalue weighted by atomic mass is 16.5. The van der Waals surface area contributed by atoms with Crippen LogP contribution in [0.2, 0.25) is 0 Å². The van der Waals surface area contributed by atoms with E-state index in [-0.39, 0.29) is 5.97 Å². The third-order valence-electron chi connectivity index (χ3n) is 2.58. The lowest BCUT2D eigenvalue weighted by atomic mass is 10.2. The van der Waals surface area contributed by atoms with Crippen molar-refractivity contribution in [3.63, 3.8) is 0 Å². The number of aromatic nitrogens is 2. The van der Waals surface area contributed by atoms with Gasteiger partial charge in [0.1, 0.15) is 11.3 Å². The van der Waals surface area contributed by atoms with Crippen molar-refractivity contribution in [2.75, 3.05) is 6.61 Å². The van der Waals surface area contributed by atoms with E-state index >= 15 is 0 Å². The van der Waals surface area contributed by atoms with Gasteiger partial charge in [0.15, 0.2) is 0 Å². The Morgan fingerprint density at radius 2 is 2.29 bits per heavy atom. The van der Waals surface area contributed by atoms with Crippen LogP contribution in [0.1, 0.15) is 35.9 Å². The molecule has 90 valence electrons. The number of ether oxygens (including phenoxy) is 1. The summed E-state index contributed by atoms with van der Waals surface area (Å²) in [7, 11) is 0. The van der Waals surface area contributed by atoms with E-state index in [2.05, 4.69) is 16.9 Å². The molecule has 4 heteroatoms. The maximum absolute atomic E-state index is 11.9. The van der Waals surface area contributed by atoms with E-state index in [0.29, 0.717) is 17.7 Å². The highest BCUT2D eigenvalue weighted by molar-refractivity contribution is 6.01. The lowest BCUT2D eigenvalue weighted by molar-refractivity contribution is 0.0502. The number of nitrogens with zero attached hydrogens (tertiary/aromatic N) is 1. The van der Waals surface area contributed by atoms with E-state index in [1.165, 1.54) is 0 Å². The van der Waals surface area contributed by atoms with Crippen LogP contribution in [0.4, 0.5) is 0 Å². The highest BCUT2D eigenvalue weighted by Gasteiger charge is 2.13. The van der Waals surface area contributed by atoms with Crippen LogP contribution in [-0.2, 0) is 4.74 Å². The molecule has 0 radical (unpaired) electrons. The molecule has 0 atom stereocenters. The summed E-state index contributed by atoms with van der Waals surface area (Å²) in [6.45, 7) is 4.40. The van der Waals surface area contributed by atoms with Gasteiger partial charge in [-0.15, -0.1) is 0 Å². The molecule has 0 fully saturated rings. The lowest BCUT2D eigenvalue weighted by Gasteiger charge is -2.03. The topological polar surface area (TPSA) is 55.0 Å². The summed E-state index contributed by atoms with van der Waals surface area (Å²) in [5.41, 5.74) is 2.09. The SMILES string of the molecule is CCCCOC(=O)c1cccc2[nH]c(C)nc12. The van der Waals surface area contributed by atoms with Crippen molar-refractivity contribution in [2.45, 2.75) is 26.7 Å². The number of para-hydroxylation sites is 1. The first-order valence-corrected chi connectivity index (χ1v) is 5.85. The fourth-order valence-corrected chi connectivity index (χ4v) is 1.71. The van der Waals surface area contributed by atoms with Gasteiger partial charge in [-0.25, -0.2) is 9.78 Å². The summed E-state index contributed by atoms with van der Waals surface area (Å²) in [4.78, 5) is 19.3. The first kappa shape index (κ1) is 11.6. The smallest absolute Gasteiger partial charge is 0.340 e. The summed E-state index contributed by atoms with van der Waals surface area (Å²) in [6, 6.07) is 5.48. The van der Waals surface area contributed by atoms with Crippen molar-refractivity contribution in [1.29, 1.82) is 0 Å². The summed E-state index contributed by atoms with van der Waals surface area (Å²) in [6.07, 6.45) is 1.90. The number of nitrogens with one attached hydrogen (secondary N) is 1. The van der Waals surface area contributed by atoms with E-state index in [0.717, 1.165) is 24.2 Å². The molecule has 4 nitrogen and oxygen atoms in total. The molecule has 0 aliphatic heterocycles. The molecule has 0 amide bonds. The maximum Gasteiger partial charge on any atom is 0.340 e. The molecule has 0 saturated carbocycles. The van der Waals surface area contributed by atoms with Crippen LogP contribution in [0.3, 0.4) is 0 Å². The van der Waals surface area contributed by atoms with Gasteiger partial charge in [0.25, 0.3) is 0 Å². The van der Waals surface area contributed by atoms with Gasteiger partial charge in [-0.3, -0.25) is 0 Å². The van der Waals surface area contributed by atoms with Gasteiger partial charge in [-0.2, -0.15) is 0 Å². The van der Waals surface area contributed by atoms with E-state index in [1.807, 2.05) is 19.1 Å². The van der Waals surface area contributed by atoms with Crippen LogP contribution in [0.5, 0.6) is 0 Å². The van der Waals surface area contributed by atoms with Crippen LogP contribution >= 0.6 is 0 Å². The van der Waals surface area contributed by atoms with Crippen molar-refractivity contribution in [3.8, 4) is 0 Å². The number of hydrogen-bond acceptors (Lipinski definition) is 3. The molecule has 0 unspecified atom stereocenters. The van der Waals surface area contributed by atoms with Gasteiger partial charge >= 0.3 is 5.97 Å². The van der Waals surface area contributed by atoms with Crippen molar-refractivity contribution in [2.24, 2.45) is 0 Å². The number of aromatic amines is 1. The number of imidazole rings is 1. The van der Waals surface area contributed by atoms with Gasteiger partial charge in [-0.1, -0.05) is 19.4 Å². The standard InChI is InChI=1S/C13H16N2O2/c1-3-4-8-17-13(16)10-6-5-7-11-12(10)15-9(2)14-11/h5-7H,3-4,8H2,1-2H3,(H,14,15). The second kappa shape index (κ2) is 4.99. The minimum atomic E-state index is -0.296. The number of aryl methyl sites for hydroxylation is 1. The van der Waals surface area contributed by atoms with Gasteiger partial charge in [0.05, 0.1) is 17.7 Å². The average Bonchev–Trinajstić information content (AvgIpc) is 2.69. The Morgan fingerprint density at radius 1 is 1.47 bits per heavy atom. The summed E-state index contributed by atoms with van der Waals surface area (Å²) < 4.78 is 5.19. The molecule has 1 N–H and O–H groups in total. The van der Waals surface area contributed by atoms with Crippen molar-refractivity contribution < 1.29 is 9.53 Å². The Labute approximate surface area is 100 Å². The molecule has 1 aromatic carbocycles. The van der Waals surface area contributed by atoms with Gasteiger partial charge in [0.2, 0.25) is 0 Å². The van der Waals surface area contributed by atoms with Gasteiger partial charge in [-0.05, 0) is 25.5 Å². The summed E-state index contributed by atoms with van der Waals surface area (Å²) in [5, 5.41) is 0. The Morgan fingerprint density at radius 3 is 3.06 bits per heavy atom. The fourth-order valence-electron chi connectivity index (χ4n) is 1.71. The molecule has 2 rings (SSSR count). The molecular weight excluding hydrogens is 216 g/mol. The second-order valence-electron chi connectivity index (χ2n) is 4.01. The zero-order chi connectivity index (χ0) is 12.3. The largest absolute Gasteiger partial charge is 0.462 e. The average molecular weight is 232 g/mol. The van der Waals surface area contributed by atoms with Crippen LogP contribution < -0.4 is 0 Å². The fraction of sp³-hybridized carbons (Fsp3) is 0.385. The van der Waals surface area contributed by atoms with Crippen LogP contribution in [-0.4, -0.2) is 22.5 Å². The second-order valence-corrected chi connectivity index (χ2v) is 4.01. The first-order chi connectivity index (χ1) is 8.22. The third-order valence-corrected chi connectivity index (χ3v) is 2.58. The summed E-state index contributed by atoms with van der Waals surface area (Å²) >= 11 is 0. The van der Waals surface area contributed by atoms with Crippen LogP contribution in [0, 0.1) is 6.92 Å². The molecule has 0 aliphatic rings. The Hall–Kier alpha value is -1.84. The highest BCUT2D eigenvalue weighted by Crippen LogP contribution is 2.17. The first-order valence-electron chi connectivity index (χ1n) is 5.85. The number of unbranched alkanes of at least 4 members (excludes halogenated alkanes) is 1. The number of hydrogen-bond donors (Lipinski definition) is 1. The monoisotopic (exact) mass is 232 g/mol. The molecule has 0 saturated heterocycles. The normalized spacial score (nSPS) is 10.7. The minimum absolute atomic E-state index is 0.296. The molecular formula is C13H16N2O2. The molecule has 1 heterocycles. The third kappa shape index (κ3) is 2.46. The Bertz CT molecular complexity index is 531. The zero-order valence-electron chi connectivity index (χ0n) is 10.1. The molecule has 0 spiro atoms. The number of esters is 1. The number of fused-ring (bicyclic) bond motifs is 1. The van der Waals surface area contributed by atoms with Crippen LogP contribution in [0.15, 0.2) is 18.2 Å².